The first-order valence-electron chi connectivity index (χ1n) is 7.07. The lowest BCUT2D eigenvalue weighted by atomic mass is 10.0. The zero-order valence-corrected chi connectivity index (χ0v) is 11.9. The molecule has 3 rings (SSSR count). The molecule has 1 saturated carbocycles. The van der Waals surface area contributed by atoms with E-state index in [1.165, 1.54) is 19.3 Å². The van der Waals surface area contributed by atoms with Gasteiger partial charge in [0.05, 0.1) is 12.1 Å². The van der Waals surface area contributed by atoms with E-state index in [4.69, 9.17) is 5.11 Å². The topological polar surface area (TPSA) is 78.4 Å². The third-order valence-electron chi connectivity index (χ3n) is 3.42. The highest BCUT2D eigenvalue weighted by Crippen LogP contribution is 2.33. The van der Waals surface area contributed by atoms with Gasteiger partial charge in [0, 0.05) is 17.4 Å². The molecule has 0 aromatic heterocycles. The van der Waals surface area contributed by atoms with Crippen LogP contribution in [0.3, 0.4) is 0 Å². The molecule has 0 spiro atoms. The van der Waals surface area contributed by atoms with Crippen molar-refractivity contribution >= 4 is 23.8 Å². The smallest absolute Gasteiger partial charge is 0.315 e. The molecule has 3 fully saturated rings. The molecule has 1 aliphatic carbocycles. The van der Waals surface area contributed by atoms with Gasteiger partial charge in [-0.2, -0.15) is 11.8 Å². The quantitative estimate of drug-likeness (QED) is 0.533. The Kier molecular flexibility index (Phi) is 5.36. The van der Waals surface area contributed by atoms with E-state index in [-0.39, 0.29) is 24.5 Å². The molecule has 5 nitrogen and oxygen atoms in total. The molecule has 6 heteroatoms. The maximum absolute atomic E-state index is 11.1. The molecule has 2 heterocycles. The predicted molar refractivity (Wildman–Crippen MR) is 75.4 cm³/mol. The number of fused-ring (bicyclic) bond motifs is 1. The Balaban J connectivity index is 0.000000390. The normalized spacial score (nSPS) is 30.7. The SMILES string of the molecule is C1CC1.O=C(O)CCCC[C@@H]1SC[C@@H]2NC(=O)N[C@@H]21. The lowest BCUT2D eigenvalue weighted by Crippen LogP contribution is -2.36. The van der Waals surface area contributed by atoms with E-state index in [2.05, 4.69) is 10.6 Å². The Bertz CT molecular complexity index is 333. The van der Waals surface area contributed by atoms with Crippen molar-refractivity contribution in [2.75, 3.05) is 5.75 Å². The van der Waals surface area contributed by atoms with Crippen molar-refractivity contribution in [1.82, 2.24) is 10.6 Å². The maximum Gasteiger partial charge on any atom is 0.315 e. The van der Waals surface area contributed by atoms with Gasteiger partial charge in [0.25, 0.3) is 0 Å². The number of urea groups is 1. The highest BCUT2D eigenvalue weighted by atomic mass is 32.2. The van der Waals surface area contributed by atoms with Gasteiger partial charge in [-0.15, -0.1) is 0 Å². The predicted octanol–water partition coefficient (Wildman–Crippen LogP) is 1.97. The number of thioether (sulfide) groups is 1. The molecule has 108 valence electrons. The second kappa shape index (κ2) is 7.03. The van der Waals surface area contributed by atoms with E-state index < -0.39 is 5.97 Å². The zero-order valence-electron chi connectivity index (χ0n) is 11.1. The van der Waals surface area contributed by atoms with Gasteiger partial charge >= 0.3 is 12.0 Å². The van der Waals surface area contributed by atoms with Gasteiger partial charge in [0.15, 0.2) is 0 Å². The fourth-order valence-corrected chi connectivity index (χ4v) is 3.81. The van der Waals surface area contributed by atoms with Crippen molar-refractivity contribution < 1.29 is 14.7 Å². The summed E-state index contributed by atoms with van der Waals surface area (Å²) in [5.41, 5.74) is 0. The molecular formula is C13H22N2O3S. The van der Waals surface area contributed by atoms with Crippen LogP contribution in [-0.2, 0) is 4.79 Å². The minimum Gasteiger partial charge on any atom is -0.481 e. The van der Waals surface area contributed by atoms with Gasteiger partial charge in [-0.05, 0) is 12.8 Å². The Labute approximate surface area is 117 Å². The van der Waals surface area contributed by atoms with E-state index in [1.807, 2.05) is 11.8 Å². The average molecular weight is 286 g/mol. The van der Waals surface area contributed by atoms with Crippen LogP contribution in [0.1, 0.15) is 44.9 Å². The van der Waals surface area contributed by atoms with Gasteiger partial charge in [-0.1, -0.05) is 25.7 Å². The number of hydrogen-bond acceptors (Lipinski definition) is 3. The number of nitrogens with one attached hydrogen (secondary N) is 2. The van der Waals surface area contributed by atoms with Gasteiger partial charge in [-0.3, -0.25) is 4.79 Å². The summed E-state index contributed by atoms with van der Waals surface area (Å²) in [5.74, 6) is 0.236. The van der Waals surface area contributed by atoms with Crippen molar-refractivity contribution in [3.05, 3.63) is 0 Å². The number of aliphatic carboxylic acids is 1. The summed E-state index contributed by atoms with van der Waals surface area (Å²) < 4.78 is 0. The second-order valence-electron chi connectivity index (χ2n) is 5.32. The molecule has 3 atom stereocenters. The highest BCUT2D eigenvalue weighted by molar-refractivity contribution is 8.00. The standard InChI is InChI=1S/C10H16N2O3S.C3H6/c13-8(14)4-2-1-3-7-9-6(5-16-7)11-10(15)12-9;1-2-3-1/h6-7,9H,1-5H2,(H,13,14)(H2,11,12,15);1-3H2/t6-,7-,9-;/m0./s1. The summed E-state index contributed by atoms with van der Waals surface area (Å²) >= 11 is 1.87. The zero-order chi connectivity index (χ0) is 13.7. The largest absolute Gasteiger partial charge is 0.481 e. The van der Waals surface area contributed by atoms with Gasteiger partial charge < -0.3 is 15.7 Å². The van der Waals surface area contributed by atoms with Crippen molar-refractivity contribution in [2.45, 2.75) is 62.3 Å². The number of amides is 2. The fourth-order valence-electron chi connectivity index (χ4n) is 2.26. The van der Waals surface area contributed by atoms with E-state index in [1.54, 1.807) is 0 Å². The number of carbonyl (C=O) groups is 2. The molecule has 2 amide bonds. The van der Waals surface area contributed by atoms with Crippen LogP contribution >= 0.6 is 11.8 Å². The molecule has 0 bridgehead atoms. The van der Waals surface area contributed by atoms with E-state index >= 15 is 0 Å². The third-order valence-corrected chi connectivity index (χ3v) is 4.93. The Morgan fingerprint density at radius 3 is 2.63 bits per heavy atom. The van der Waals surface area contributed by atoms with Gasteiger partial charge in [0.1, 0.15) is 0 Å². The van der Waals surface area contributed by atoms with Crippen LogP contribution in [0, 0.1) is 0 Å². The second-order valence-corrected chi connectivity index (χ2v) is 6.59. The molecule has 2 saturated heterocycles. The summed E-state index contributed by atoms with van der Waals surface area (Å²) in [6, 6.07) is 0.440. The lowest BCUT2D eigenvalue weighted by molar-refractivity contribution is -0.137. The molecule has 19 heavy (non-hydrogen) atoms. The van der Waals surface area contributed by atoms with E-state index in [9.17, 15) is 9.59 Å². The first-order chi connectivity index (χ1) is 9.16. The van der Waals surface area contributed by atoms with Gasteiger partial charge in [0.2, 0.25) is 0 Å². The number of carbonyl (C=O) groups excluding carboxylic acids is 1. The molecule has 0 unspecified atom stereocenters. The van der Waals surface area contributed by atoms with E-state index in [0.717, 1.165) is 25.0 Å². The highest BCUT2D eigenvalue weighted by Gasteiger charge is 2.42. The summed E-state index contributed by atoms with van der Waals surface area (Å²) in [6.45, 7) is 0. The van der Waals surface area contributed by atoms with Gasteiger partial charge in [-0.25, -0.2) is 4.79 Å². The van der Waals surface area contributed by atoms with Crippen LogP contribution in [0.25, 0.3) is 0 Å². The monoisotopic (exact) mass is 286 g/mol. The Hall–Kier alpha value is -0.910. The molecular weight excluding hydrogens is 264 g/mol. The number of carboxylic acids is 1. The Morgan fingerprint density at radius 1 is 1.26 bits per heavy atom. The minimum atomic E-state index is -0.729. The van der Waals surface area contributed by atoms with Crippen LogP contribution in [0.2, 0.25) is 0 Å². The summed E-state index contributed by atoms with van der Waals surface area (Å²) in [6.07, 6.45) is 7.38. The minimum absolute atomic E-state index is 0.0640. The molecule has 3 N–H and O–H groups in total. The first kappa shape index (κ1) is 14.5. The van der Waals surface area contributed by atoms with Crippen LogP contribution < -0.4 is 10.6 Å². The van der Waals surface area contributed by atoms with Crippen LogP contribution in [0.4, 0.5) is 4.79 Å². The van der Waals surface area contributed by atoms with Crippen LogP contribution in [-0.4, -0.2) is 40.2 Å². The molecule has 2 aliphatic heterocycles. The number of hydrogen-bond donors (Lipinski definition) is 3. The summed E-state index contributed by atoms with van der Waals surface area (Å²) in [7, 11) is 0. The molecule has 0 aromatic rings. The Morgan fingerprint density at radius 2 is 2.00 bits per heavy atom. The van der Waals surface area contributed by atoms with Crippen molar-refractivity contribution in [3.8, 4) is 0 Å². The van der Waals surface area contributed by atoms with Crippen molar-refractivity contribution in [2.24, 2.45) is 0 Å². The number of rotatable bonds is 5. The van der Waals surface area contributed by atoms with E-state index in [0.29, 0.717) is 5.25 Å². The number of carboxylic acid groups (broad SMARTS) is 1. The molecule has 0 aromatic carbocycles. The molecule has 0 radical (unpaired) electrons. The summed E-state index contributed by atoms with van der Waals surface area (Å²) in [5, 5.41) is 14.8. The third kappa shape index (κ3) is 4.93. The lowest BCUT2D eigenvalue weighted by Gasteiger charge is -2.16. The van der Waals surface area contributed by atoms with Crippen molar-refractivity contribution in [1.29, 1.82) is 0 Å². The fraction of sp³-hybridized carbons (Fsp3) is 0.846. The first-order valence-corrected chi connectivity index (χ1v) is 8.12. The van der Waals surface area contributed by atoms with Crippen LogP contribution in [0.5, 0.6) is 0 Å². The summed E-state index contributed by atoms with van der Waals surface area (Å²) in [4.78, 5) is 21.5. The molecule has 3 aliphatic rings. The maximum atomic E-state index is 11.1. The average Bonchev–Trinajstić information content (AvgIpc) is 3.12. The number of unbranched alkanes of at least 4 members (excludes halogenated alkanes) is 1. The van der Waals surface area contributed by atoms with Crippen LogP contribution in [0.15, 0.2) is 0 Å². The van der Waals surface area contributed by atoms with Crippen molar-refractivity contribution in [3.63, 3.8) is 0 Å².